The quantitative estimate of drug-likeness (QED) is 0.813. The van der Waals surface area contributed by atoms with E-state index in [1.54, 1.807) is 31.6 Å². The van der Waals surface area contributed by atoms with Gasteiger partial charge in [-0.15, -0.1) is 0 Å². The van der Waals surface area contributed by atoms with Crippen molar-refractivity contribution in [3.8, 4) is 5.75 Å². The van der Waals surface area contributed by atoms with E-state index >= 15 is 0 Å². The number of aromatic nitrogens is 1. The molecule has 2 rings (SSSR count). The molecule has 2 N–H and O–H groups in total. The van der Waals surface area contributed by atoms with Crippen LogP contribution < -0.4 is 15.4 Å². The molecule has 2 amide bonds. The second kappa shape index (κ2) is 8.67. The lowest BCUT2D eigenvalue weighted by Crippen LogP contribution is -2.30. The third-order valence-electron chi connectivity index (χ3n) is 3.55. The Labute approximate surface area is 141 Å². The highest BCUT2D eigenvalue weighted by atomic mass is 16.5. The highest BCUT2D eigenvalue weighted by Gasteiger charge is 2.09. The minimum absolute atomic E-state index is 0.117. The van der Waals surface area contributed by atoms with Gasteiger partial charge < -0.3 is 15.4 Å². The van der Waals surface area contributed by atoms with Crippen molar-refractivity contribution >= 4 is 11.8 Å². The minimum Gasteiger partial charge on any atom is -0.496 e. The van der Waals surface area contributed by atoms with E-state index in [2.05, 4.69) is 15.6 Å². The van der Waals surface area contributed by atoms with Gasteiger partial charge in [0.2, 0.25) is 5.91 Å². The predicted octanol–water partition coefficient (Wildman–Crippen LogP) is 1.83. The number of carbonyl (C=O) groups is 2. The number of amides is 2. The number of methoxy groups -OCH3 is 1. The zero-order chi connectivity index (χ0) is 17.4. The number of ether oxygens (including phenoxy) is 1. The molecule has 1 aromatic heterocycles. The first-order valence-corrected chi connectivity index (χ1v) is 7.68. The number of pyridine rings is 1. The van der Waals surface area contributed by atoms with Crippen molar-refractivity contribution in [1.29, 1.82) is 0 Å². The molecule has 0 aliphatic rings. The number of carbonyl (C=O) groups excluding carboxylic acids is 2. The molecule has 24 heavy (non-hydrogen) atoms. The Hall–Kier alpha value is -2.89. The summed E-state index contributed by atoms with van der Waals surface area (Å²) in [5.74, 6) is 0.321. The monoisotopic (exact) mass is 327 g/mol. The first-order valence-electron chi connectivity index (χ1n) is 7.68. The number of hydrogen-bond acceptors (Lipinski definition) is 4. The number of aryl methyl sites for hydroxylation is 1. The molecule has 126 valence electrons. The van der Waals surface area contributed by atoms with Crippen LogP contribution in [0.4, 0.5) is 0 Å². The molecule has 6 heteroatoms. The van der Waals surface area contributed by atoms with Crippen LogP contribution >= 0.6 is 0 Å². The second-order valence-corrected chi connectivity index (χ2v) is 5.32. The molecule has 0 aliphatic carbocycles. The van der Waals surface area contributed by atoms with Crippen LogP contribution in [0.2, 0.25) is 0 Å². The van der Waals surface area contributed by atoms with Gasteiger partial charge in [0.25, 0.3) is 5.91 Å². The molecule has 6 nitrogen and oxygen atoms in total. The Balaban J connectivity index is 1.75. The Morgan fingerprint density at radius 2 is 1.88 bits per heavy atom. The van der Waals surface area contributed by atoms with Crippen molar-refractivity contribution in [3.05, 3.63) is 59.4 Å². The predicted molar refractivity (Wildman–Crippen MR) is 90.8 cm³/mol. The lowest BCUT2D eigenvalue weighted by molar-refractivity contribution is -0.121. The lowest BCUT2D eigenvalue weighted by atomic mass is 10.1. The van der Waals surface area contributed by atoms with E-state index in [1.165, 1.54) is 0 Å². The van der Waals surface area contributed by atoms with Gasteiger partial charge in [0.1, 0.15) is 5.75 Å². The van der Waals surface area contributed by atoms with Gasteiger partial charge in [-0.25, -0.2) is 0 Å². The maximum Gasteiger partial charge on any atom is 0.251 e. The van der Waals surface area contributed by atoms with Crippen molar-refractivity contribution in [3.63, 3.8) is 0 Å². The smallest absolute Gasteiger partial charge is 0.251 e. The van der Waals surface area contributed by atoms with Crippen LogP contribution in [0.25, 0.3) is 0 Å². The summed E-state index contributed by atoms with van der Waals surface area (Å²) in [6.45, 7) is 2.63. The van der Waals surface area contributed by atoms with Crippen molar-refractivity contribution in [1.82, 2.24) is 15.6 Å². The molecule has 0 bridgehead atoms. The summed E-state index contributed by atoms with van der Waals surface area (Å²) in [6.07, 6.45) is 3.58. The molecular weight excluding hydrogens is 306 g/mol. The summed E-state index contributed by atoms with van der Waals surface area (Å²) < 4.78 is 5.20. The summed E-state index contributed by atoms with van der Waals surface area (Å²) >= 11 is 0. The largest absolute Gasteiger partial charge is 0.496 e. The summed E-state index contributed by atoms with van der Waals surface area (Å²) in [5.41, 5.74) is 2.45. The summed E-state index contributed by atoms with van der Waals surface area (Å²) in [6, 6.07) is 8.93. The number of hydrogen-bond donors (Lipinski definition) is 2. The third kappa shape index (κ3) is 5.08. The molecule has 0 saturated carbocycles. The first kappa shape index (κ1) is 17.5. The van der Waals surface area contributed by atoms with Gasteiger partial charge in [0.05, 0.1) is 7.11 Å². The van der Waals surface area contributed by atoms with Gasteiger partial charge in [-0.2, -0.15) is 0 Å². The Bertz CT molecular complexity index is 702. The number of nitrogens with zero attached hydrogens (tertiary/aromatic N) is 1. The van der Waals surface area contributed by atoms with E-state index in [9.17, 15) is 9.59 Å². The van der Waals surface area contributed by atoms with E-state index in [0.29, 0.717) is 17.9 Å². The molecule has 1 heterocycles. The van der Waals surface area contributed by atoms with Crippen LogP contribution in [-0.2, 0) is 11.3 Å². The molecule has 0 aliphatic heterocycles. The minimum atomic E-state index is -0.227. The number of benzene rings is 1. The van der Waals surface area contributed by atoms with Gasteiger partial charge in [0.15, 0.2) is 0 Å². The van der Waals surface area contributed by atoms with Crippen molar-refractivity contribution in [2.24, 2.45) is 0 Å². The van der Waals surface area contributed by atoms with Gasteiger partial charge in [-0.05, 0) is 42.3 Å². The summed E-state index contributed by atoms with van der Waals surface area (Å²) in [5, 5.41) is 5.53. The molecule has 2 aromatic rings. The van der Waals surface area contributed by atoms with Gasteiger partial charge >= 0.3 is 0 Å². The highest BCUT2D eigenvalue weighted by molar-refractivity contribution is 5.95. The molecule has 1 aromatic carbocycles. The van der Waals surface area contributed by atoms with Crippen molar-refractivity contribution < 1.29 is 14.3 Å². The van der Waals surface area contributed by atoms with Crippen molar-refractivity contribution in [2.45, 2.75) is 19.9 Å². The molecule has 0 atom stereocenters. The van der Waals surface area contributed by atoms with E-state index in [4.69, 9.17) is 4.74 Å². The summed E-state index contributed by atoms with van der Waals surface area (Å²) in [4.78, 5) is 27.8. The summed E-state index contributed by atoms with van der Waals surface area (Å²) in [7, 11) is 1.57. The number of rotatable bonds is 7. The molecule has 0 unspecified atom stereocenters. The fraction of sp³-hybridized carbons (Fsp3) is 0.278. The van der Waals surface area contributed by atoms with Crippen LogP contribution in [0, 0.1) is 6.92 Å². The SMILES string of the molecule is COc1cc(C(=O)NCCC(=O)NCc2ccncc2)ccc1C. The van der Waals surface area contributed by atoms with E-state index in [-0.39, 0.29) is 24.8 Å². The van der Waals surface area contributed by atoms with Crippen LogP contribution in [0.1, 0.15) is 27.9 Å². The van der Waals surface area contributed by atoms with E-state index in [1.807, 2.05) is 25.1 Å². The van der Waals surface area contributed by atoms with E-state index in [0.717, 1.165) is 11.1 Å². The van der Waals surface area contributed by atoms with Gasteiger partial charge in [0, 0.05) is 37.5 Å². The zero-order valence-corrected chi connectivity index (χ0v) is 13.8. The van der Waals surface area contributed by atoms with E-state index < -0.39 is 0 Å². The zero-order valence-electron chi connectivity index (χ0n) is 13.8. The average Bonchev–Trinajstić information content (AvgIpc) is 2.61. The topological polar surface area (TPSA) is 80.3 Å². The maximum atomic E-state index is 12.1. The van der Waals surface area contributed by atoms with Crippen LogP contribution in [-0.4, -0.2) is 30.5 Å². The van der Waals surface area contributed by atoms with Crippen molar-refractivity contribution in [2.75, 3.05) is 13.7 Å². The lowest BCUT2D eigenvalue weighted by Gasteiger charge is -2.09. The molecule has 0 saturated heterocycles. The fourth-order valence-corrected chi connectivity index (χ4v) is 2.14. The Morgan fingerprint density at radius 3 is 2.58 bits per heavy atom. The molecule has 0 radical (unpaired) electrons. The maximum absolute atomic E-state index is 12.1. The molecule has 0 fully saturated rings. The average molecular weight is 327 g/mol. The standard InChI is InChI=1S/C18H21N3O3/c1-13-3-4-15(11-16(13)24-2)18(23)20-10-7-17(22)21-12-14-5-8-19-9-6-14/h3-6,8-9,11H,7,10,12H2,1-2H3,(H,20,23)(H,21,22). The van der Waals surface area contributed by atoms with Gasteiger partial charge in [-0.3, -0.25) is 14.6 Å². The highest BCUT2D eigenvalue weighted by Crippen LogP contribution is 2.18. The first-order chi connectivity index (χ1) is 11.6. The Morgan fingerprint density at radius 1 is 1.12 bits per heavy atom. The molecule has 0 spiro atoms. The Kier molecular flexibility index (Phi) is 6.31. The van der Waals surface area contributed by atoms with Crippen LogP contribution in [0.15, 0.2) is 42.7 Å². The van der Waals surface area contributed by atoms with Gasteiger partial charge in [-0.1, -0.05) is 6.07 Å². The fourth-order valence-electron chi connectivity index (χ4n) is 2.14. The van der Waals surface area contributed by atoms with Crippen LogP contribution in [0.5, 0.6) is 5.75 Å². The third-order valence-corrected chi connectivity index (χ3v) is 3.55. The van der Waals surface area contributed by atoms with Crippen LogP contribution in [0.3, 0.4) is 0 Å². The molecular formula is C18H21N3O3. The number of nitrogens with one attached hydrogen (secondary N) is 2. The normalized spacial score (nSPS) is 10.1. The second-order valence-electron chi connectivity index (χ2n) is 5.32.